The molecule has 9 heteroatoms. The van der Waals surface area contributed by atoms with Crippen molar-refractivity contribution in [3.63, 3.8) is 0 Å². The second-order valence-corrected chi connectivity index (χ2v) is 7.75. The molecule has 0 saturated carbocycles. The van der Waals surface area contributed by atoms with Gasteiger partial charge < -0.3 is 29.3 Å². The molecule has 2 saturated heterocycles. The first kappa shape index (κ1) is 19.6. The topological polar surface area (TPSA) is 93.2 Å². The third-order valence-electron chi connectivity index (χ3n) is 5.79. The number of hydrogen-bond acceptors (Lipinski definition) is 7. The van der Waals surface area contributed by atoms with E-state index in [-0.39, 0.29) is 25.0 Å². The van der Waals surface area contributed by atoms with E-state index in [2.05, 4.69) is 15.2 Å². The molecule has 162 valence electrons. The minimum absolute atomic E-state index is 0.0746. The Labute approximate surface area is 179 Å². The summed E-state index contributed by atoms with van der Waals surface area (Å²) >= 11 is 0. The Bertz CT molecular complexity index is 992. The van der Waals surface area contributed by atoms with Crippen LogP contribution < -0.4 is 24.6 Å². The number of hydrogen-bond donors (Lipinski definition) is 1. The standard InChI is InChI=1S/C22H24N4O5/c27-20-10-16(13-26(20)17-3-4-18-19(11-17)31-14-30-18)22(28)24-12-15-2-1-5-23-21(15)25-6-8-29-9-7-25/h1-5,11,16H,6-10,12-14H2,(H,24,28). The smallest absolute Gasteiger partial charge is 0.231 e. The number of carbonyl (C=O) groups is 2. The number of anilines is 2. The molecule has 1 aromatic heterocycles. The van der Waals surface area contributed by atoms with E-state index < -0.39 is 5.92 Å². The van der Waals surface area contributed by atoms with E-state index in [1.165, 1.54) is 0 Å². The third kappa shape index (κ3) is 4.00. The van der Waals surface area contributed by atoms with Crippen LogP contribution in [0.15, 0.2) is 36.5 Å². The molecule has 1 N–H and O–H groups in total. The summed E-state index contributed by atoms with van der Waals surface area (Å²) in [6.45, 7) is 3.78. The number of fused-ring (bicyclic) bond motifs is 1. The number of ether oxygens (including phenoxy) is 3. The van der Waals surface area contributed by atoms with E-state index in [0.29, 0.717) is 43.5 Å². The minimum Gasteiger partial charge on any atom is -0.454 e. The lowest BCUT2D eigenvalue weighted by atomic mass is 10.1. The van der Waals surface area contributed by atoms with E-state index in [0.717, 1.165) is 24.5 Å². The van der Waals surface area contributed by atoms with Gasteiger partial charge in [0.15, 0.2) is 11.5 Å². The molecule has 0 radical (unpaired) electrons. The van der Waals surface area contributed by atoms with Crippen LogP contribution in [0.3, 0.4) is 0 Å². The van der Waals surface area contributed by atoms with Crippen LogP contribution in [0, 0.1) is 5.92 Å². The predicted octanol–water partition coefficient (Wildman–Crippen LogP) is 1.32. The van der Waals surface area contributed by atoms with Crippen molar-refractivity contribution in [1.29, 1.82) is 0 Å². The van der Waals surface area contributed by atoms with Gasteiger partial charge in [-0.1, -0.05) is 6.07 Å². The molecule has 2 fully saturated rings. The van der Waals surface area contributed by atoms with Gasteiger partial charge in [0.05, 0.1) is 19.1 Å². The van der Waals surface area contributed by atoms with E-state index in [4.69, 9.17) is 14.2 Å². The Kier molecular flexibility index (Phi) is 5.33. The monoisotopic (exact) mass is 424 g/mol. The maximum Gasteiger partial charge on any atom is 0.231 e. The summed E-state index contributed by atoms with van der Waals surface area (Å²) in [4.78, 5) is 33.7. The fourth-order valence-electron chi connectivity index (χ4n) is 4.14. The van der Waals surface area contributed by atoms with Gasteiger partial charge in [0.1, 0.15) is 5.82 Å². The average molecular weight is 424 g/mol. The molecule has 5 rings (SSSR count). The van der Waals surface area contributed by atoms with Gasteiger partial charge in [-0.2, -0.15) is 0 Å². The van der Waals surface area contributed by atoms with Gasteiger partial charge in [-0.05, 0) is 18.2 Å². The Morgan fingerprint density at radius 3 is 2.87 bits per heavy atom. The predicted molar refractivity (Wildman–Crippen MR) is 112 cm³/mol. The zero-order valence-corrected chi connectivity index (χ0v) is 17.1. The highest BCUT2D eigenvalue weighted by Crippen LogP contribution is 2.37. The fraction of sp³-hybridized carbons (Fsp3) is 0.409. The number of pyridine rings is 1. The van der Waals surface area contributed by atoms with Crippen LogP contribution in [0.4, 0.5) is 11.5 Å². The van der Waals surface area contributed by atoms with Crippen molar-refractivity contribution >= 4 is 23.3 Å². The molecule has 1 unspecified atom stereocenters. The highest BCUT2D eigenvalue weighted by Gasteiger charge is 2.35. The van der Waals surface area contributed by atoms with Crippen LogP contribution in [0.1, 0.15) is 12.0 Å². The highest BCUT2D eigenvalue weighted by molar-refractivity contribution is 6.00. The SMILES string of the molecule is O=C(NCc1cccnc1N1CCOCC1)C1CC(=O)N(c2ccc3c(c2)OCO3)C1. The zero-order valence-electron chi connectivity index (χ0n) is 17.1. The number of nitrogens with one attached hydrogen (secondary N) is 1. The number of morpholine rings is 1. The first-order valence-electron chi connectivity index (χ1n) is 10.4. The summed E-state index contributed by atoms with van der Waals surface area (Å²) < 4.78 is 16.1. The molecule has 9 nitrogen and oxygen atoms in total. The maximum atomic E-state index is 12.8. The molecule has 0 bridgehead atoms. The van der Waals surface area contributed by atoms with E-state index in [1.54, 1.807) is 23.2 Å². The van der Waals surface area contributed by atoms with Crippen LogP contribution in [-0.4, -0.2) is 56.4 Å². The van der Waals surface area contributed by atoms with Gasteiger partial charge in [-0.25, -0.2) is 4.98 Å². The summed E-state index contributed by atoms with van der Waals surface area (Å²) in [6, 6.07) is 9.22. The van der Waals surface area contributed by atoms with Gasteiger partial charge >= 0.3 is 0 Å². The van der Waals surface area contributed by atoms with Gasteiger partial charge in [-0.15, -0.1) is 0 Å². The summed E-state index contributed by atoms with van der Waals surface area (Å²) in [5.41, 5.74) is 1.67. The van der Waals surface area contributed by atoms with Crippen molar-refractivity contribution in [3.05, 3.63) is 42.1 Å². The second-order valence-electron chi connectivity index (χ2n) is 7.75. The Balaban J connectivity index is 1.22. The number of amides is 2. The Hall–Kier alpha value is -3.33. The van der Waals surface area contributed by atoms with Gasteiger partial charge in [0.25, 0.3) is 0 Å². The Morgan fingerprint density at radius 2 is 2.00 bits per heavy atom. The Morgan fingerprint density at radius 1 is 1.16 bits per heavy atom. The molecular formula is C22H24N4O5. The largest absolute Gasteiger partial charge is 0.454 e. The van der Waals surface area contributed by atoms with Crippen molar-refractivity contribution in [3.8, 4) is 11.5 Å². The number of carbonyl (C=O) groups excluding carboxylic acids is 2. The molecular weight excluding hydrogens is 400 g/mol. The van der Waals surface area contributed by atoms with Crippen LogP contribution in [0.25, 0.3) is 0 Å². The van der Waals surface area contributed by atoms with Crippen LogP contribution >= 0.6 is 0 Å². The molecule has 0 spiro atoms. The third-order valence-corrected chi connectivity index (χ3v) is 5.79. The van der Waals surface area contributed by atoms with Crippen molar-refractivity contribution in [2.45, 2.75) is 13.0 Å². The van der Waals surface area contributed by atoms with Crippen molar-refractivity contribution < 1.29 is 23.8 Å². The second kappa shape index (κ2) is 8.43. The molecule has 2 aromatic rings. The number of aromatic nitrogens is 1. The summed E-state index contributed by atoms with van der Waals surface area (Å²) in [5.74, 6) is 1.54. The number of nitrogens with zero attached hydrogens (tertiary/aromatic N) is 3. The fourth-order valence-corrected chi connectivity index (χ4v) is 4.14. The molecule has 4 heterocycles. The van der Waals surface area contributed by atoms with Gasteiger partial charge in [0, 0.05) is 56.1 Å². The van der Waals surface area contributed by atoms with E-state index >= 15 is 0 Å². The van der Waals surface area contributed by atoms with Crippen molar-refractivity contribution in [1.82, 2.24) is 10.3 Å². The molecule has 3 aliphatic rings. The quantitative estimate of drug-likeness (QED) is 0.774. The maximum absolute atomic E-state index is 12.8. The van der Waals surface area contributed by atoms with Crippen LogP contribution in [0.2, 0.25) is 0 Å². The zero-order chi connectivity index (χ0) is 21.2. The molecule has 3 aliphatic heterocycles. The first-order valence-corrected chi connectivity index (χ1v) is 10.4. The number of benzene rings is 1. The lowest BCUT2D eigenvalue weighted by Gasteiger charge is -2.29. The van der Waals surface area contributed by atoms with Crippen LogP contribution in [0.5, 0.6) is 11.5 Å². The average Bonchev–Trinajstić information content (AvgIpc) is 3.44. The molecule has 1 aromatic carbocycles. The minimum atomic E-state index is -0.401. The molecule has 0 aliphatic carbocycles. The van der Waals surface area contributed by atoms with Crippen LogP contribution in [-0.2, 0) is 20.9 Å². The molecule has 2 amide bonds. The van der Waals surface area contributed by atoms with Crippen molar-refractivity contribution in [2.75, 3.05) is 49.4 Å². The first-order chi connectivity index (χ1) is 15.2. The summed E-state index contributed by atoms with van der Waals surface area (Å²) in [6.07, 6.45) is 1.94. The molecule has 31 heavy (non-hydrogen) atoms. The van der Waals surface area contributed by atoms with E-state index in [9.17, 15) is 9.59 Å². The summed E-state index contributed by atoms with van der Waals surface area (Å²) in [5, 5.41) is 2.99. The highest BCUT2D eigenvalue weighted by atomic mass is 16.7. The lowest BCUT2D eigenvalue weighted by molar-refractivity contribution is -0.126. The summed E-state index contributed by atoms with van der Waals surface area (Å²) in [7, 11) is 0. The van der Waals surface area contributed by atoms with Gasteiger partial charge in [0.2, 0.25) is 18.6 Å². The normalized spacial score (nSPS) is 20.3. The lowest BCUT2D eigenvalue weighted by Crippen LogP contribution is -2.38. The number of rotatable bonds is 5. The van der Waals surface area contributed by atoms with Crippen molar-refractivity contribution in [2.24, 2.45) is 5.92 Å². The molecule has 1 atom stereocenters. The van der Waals surface area contributed by atoms with Gasteiger partial charge in [-0.3, -0.25) is 9.59 Å². The van der Waals surface area contributed by atoms with E-state index in [1.807, 2.05) is 18.2 Å².